The number of non-ortho nitro benzene ring substituents is 1. The van der Waals surface area contributed by atoms with Crippen molar-refractivity contribution >= 4 is 28.9 Å². The van der Waals surface area contributed by atoms with Crippen molar-refractivity contribution in [3.63, 3.8) is 0 Å². The molecule has 0 fully saturated rings. The van der Waals surface area contributed by atoms with Crippen molar-refractivity contribution in [2.45, 2.75) is 13.0 Å². The lowest BCUT2D eigenvalue weighted by atomic mass is 10.1. The summed E-state index contributed by atoms with van der Waals surface area (Å²) in [4.78, 5) is 25.6. The summed E-state index contributed by atoms with van der Waals surface area (Å²) < 4.78 is 1.34. The molecule has 0 N–H and O–H groups in total. The SMILES string of the molecule is O=c1c(Cl)c(Cl)ncn1CCc1ccc([N+](=O)[O-])cc1. The van der Waals surface area contributed by atoms with E-state index in [0.717, 1.165) is 5.56 Å². The molecular weight excluding hydrogens is 305 g/mol. The van der Waals surface area contributed by atoms with Crippen molar-refractivity contribution in [1.82, 2.24) is 9.55 Å². The molecule has 6 nitrogen and oxygen atoms in total. The van der Waals surface area contributed by atoms with Gasteiger partial charge in [-0.2, -0.15) is 0 Å². The maximum absolute atomic E-state index is 11.8. The van der Waals surface area contributed by atoms with Crippen LogP contribution in [-0.4, -0.2) is 14.5 Å². The van der Waals surface area contributed by atoms with Gasteiger partial charge in [0.15, 0.2) is 5.15 Å². The monoisotopic (exact) mass is 313 g/mol. The topological polar surface area (TPSA) is 78.0 Å². The Kier molecular flexibility index (Phi) is 4.36. The zero-order chi connectivity index (χ0) is 14.7. The molecule has 0 bridgehead atoms. The summed E-state index contributed by atoms with van der Waals surface area (Å²) in [5.74, 6) is 0. The number of nitro groups is 1. The largest absolute Gasteiger partial charge is 0.298 e. The van der Waals surface area contributed by atoms with E-state index in [1.54, 1.807) is 12.1 Å². The molecular formula is C12H9Cl2N3O3. The number of rotatable bonds is 4. The number of aromatic nitrogens is 2. The lowest BCUT2D eigenvalue weighted by molar-refractivity contribution is -0.384. The van der Waals surface area contributed by atoms with Gasteiger partial charge in [-0.15, -0.1) is 0 Å². The molecule has 0 radical (unpaired) electrons. The van der Waals surface area contributed by atoms with Gasteiger partial charge in [-0.05, 0) is 12.0 Å². The smallest absolute Gasteiger partial charge is 0.273 e. The first-order valence-electron chi connectivity index (χ1n) is 5.63. The van der Waals surface area contributed by atoms with Gasteiger partial charge in [-0.25, -0.2) is 4.98 Å². The Hall–Kier alpha value is -1.92. The standard InChI is InChI=1S/C12H9Cl2N3O3/c13-10-11(14)15-7-16(12(10)18)6-5-8-1-3-9(4-2-8)17(19)20/h1-4,7H,5-6H2. The maximum atomic E-state index is 11.8. The molecule has 2 aromatic rings. The zero-order valence-electron chi connectivity index (χ0n) is 10.1. The first-order chi connectivity index (χ1) is 9.49. The normalized spacial score (nSPS) is 10.5. The summed E-state index contributed by atoms with van der Waals surface area (Å²) in [6.45, 7) is 0.362. The molecule has 0 aliphatic carbocycles. The minimum atomic E-state index is -0.461. The number of halogens is 2. The van der Waals surface area contributed by atoms with Crippen LogP contribution in [0.5, 0.6) is 0 Å². The van der Waals surface area contributed by atoms with E-state index in [2.05, 4.69) is 4.98 Å². The highest BCUT2D eigenvalue weighted by atomic mass is 35.5. The van der Waals surface area contributed by atoms with E-state index >= 15 is 0 Å². The van der Waals surface area contributed by atoms with Crippen LogP contribution < -0.4 is 5.56 Å². The molecule has 0 unspecified atom stereocenters. The fourth-order valence-corrected chi connectivity index (χ4v) is 1.92. The summed E-state index contributed by atoms with van der Waals surface area (Å²) in [5, 5.41) is 10.4. The van der Waals surface area contributed by atoms with E-state index in [0.29, 0.717) is 13.0 Å². The van der Waals surface area contributed by atoms with Crippen LogP contribution in [0.25, 0.3) is 0 Å². The predicted molar refractivity (Wildman–Crippen MR) is 75.3 cm³/mol. The Bertz CT molecular complexity index is 698. The highest BCUT2D eigenvalue weighted by molar-refractivity contribution is 6.40. The van der Waals surface area contributed by atoms with Crippen LogP contribution in [0.3, 0.4) is 0 Å². The minimum Gasteiger partial charge on any atom is -0.298 e. The Morgan fingerprint density at radius 2 is 1.90 bits per heavy atom. The Morgan fingerprint density at radius 3 is 2.50 bits per heavy atom. The summed E-state index contributed by atoms with van der Waals surface area (Å²) in [6, 6.07) is 6.14. The first kappa shape index (κ1) is 14.5. The molecule has 0 aliphatic rings. The van der Waals surface area contributed by atoms with Crippen molar-refractivity contribution in [2.75, 3.05) is 0 Å². The second-order valence-electron chi connectivity index (χ2n) is 4.02. The van der Waals surface area contributed by atoms with Crippen molar-refractivity contribution in [2.24, 2.45) is 0 Å². The van der Waals surface area contributed by atoms with Crippen molar-refractivity contribution < 1.29 is 4.92 Å². The fraction of sp³-hybridized carbons (Fsp3) is 0.167. The summed E-state index contributed by atoms with van der Waals surface area (Å²) >= 11 is 11.3. The Morgan fingerprint density at radius 1 is 1.25 bits per heavy atom. The highest BCUT2D eigenvalue weighted by Gasteiger charge is 2.08. The van der Waals surface area contributed by atoms with Crippen molar-refractivity contribution in [3.8, 4) is 0 Å². The molecule has 1 aromatic carbocycles. The van der Waals surface area contributed by atoms with Crippen molar-refractivity contribution in [1.29, 1.82) is 0 Å². The molecule has 104 valence electrons. The third-order valence-corrected chi connectivity index (χ3v) is 3.45. The predicted octanol–water partition coefficient (Wildman–Crippen LogP) is 2.70. The van der Waals surface area contributed by atoms with Crippen LogP contribution >= 0.6 is 23.2 Å². The quantitative estimate of drug-likeness (QED) is 0.494. The second-order valence-corrected chi connectivity index (χ2v) is 4.76. The minimum absolute atomic E-state index is 0.0248. The molecule has 0 saturated carbocycles. The van der Waals surface area contributed by atoms with E-state index in [4.69, 9.17) is 23.2 Å². The number of hydrogen-bond donors (Lipinski definition) is 0. The average molecular weight is 314 g/mol. The molecule has 20 heavy (non-hydrogen) atoms. The molecule has 1 heterocycles. The Labute approximate surface area is 123 Å². The number of nitrogens with zero attached hydrogens (tertiary/aromatic N) is 3. The zero-order valence-corrected chi connectivity index (χ0v) is 11.6. The van der Waals surface area contributed by atoms with Gasteiger partial charge in [0.25, 0.3) is 11.2 Å². The average Bonchev–Trinajstić information content (AvgIpc) is 2.44. The summed E-state index contributed by atoms with van der Waals surface area (Å²) in [5.41, 5.74) is 0.490. The van der Waals surface area contributed by atoms with E-state index in [1.807, 2.05) is 0 Å². The lowest BCUT2D eigenvalue weighted by Crippen LogP contribution is -2.22. The lowest BCUT2D eigenvalue weighted by Gasteiger charge is -2.06. The van der Waals surface area contributed by atoms with Gasteiger partial charge in [0.1, 0.15) is 5.02 Å². The van der Waals surface area contributed by atoms with E-state index in [1.165, 1.54) is 23.0 Å². The summed E-state index contributed by atoms with van der Waals surface area (Å²) in [7, 11) is 0. The molecule has 0 aliphatic heterocycles. The Balaban J connectivity index is 2.11. The van der Waals surface area contributed by atoms with E-state index in [-0.39, 0.29) is 15.9 Å². The van der Waals surface area contributed by atoms with Crippen LogP contribution in [0.1, 0.15) is 5.56 Å². The number of benzene rings is 1. The van der Waals surface area contributed by atoms with Crippen molar-refractivity contribution in [3.05, 3.63) is 66.8 Å². The van der Waals surface area contributed by atoms with Crippen LogP contribution in [0, 0.1) is 10.1 Å². The van der Waals surface area contributed by atoms with Crippen LogP contribution in [0.4, 0.5) is 5.69 Å². The number of nitro benzene ring substituents is 1. The second kappa shape index (κ2) is 6.02. The summed E-state index contributed by atoms with van der Waals surface area (Å²) in [6.07, 6.45) is 1.85. The maximum Gasteiger partial charge on any atom is 0.273 e. The molecule has 8 heteroatoms. The third-order valence-electron chi connectivity index (χ3n) is 2.73. The van der Waals surface area contributed by atoms with Gasteiger partial charge in [-0.1, -0.05) is 35.3 Å². The van der Waals surface area contributed by atoms with Crippen LogP contribution in [-0.2, 0) is 13.0 Å². The van der Waals surface area contributed by atoms with Gasteiger partial charge >= 0.3 is 0 Å². The van der Waals surface area contributed by atoms with E-state index in [9.17, 15) is 14.9 Å². The van der Waals surface area contributed by atoms with E-state index < -0.39 is 10.5 Å². The van der Waals surface area contributed by atoms with Gasteiger partial charge in [0, 0.05) is 18.7 Å². The fourth-order valence-electron chi connectivity index (χ4n) is 1.64. The highest BCUT2D eigenvalue weighted by Crippen LogP contribution is 2.14. The molecule has 0 saturated heterocycles. The molecule has 0 amide bonds. The molecule has 0 atom stereocenters. The molecule has 0 spiro atoms. The van der Waals surface area contributed by atoms with Crippen LogP contribution in [0.15, 0.2) is 35.4 Å². The van der Waals surface area contributed by atoms with Gasteiger partial charge in [0.05, 0.1) is 11.3 Å². The van der Waals surface area contributed by atoms with Gasteiger partial charge in [0.2, 0.25) is 0 Å². The number of hydrogen-bond acceptors (Lipinski definition) is 4. The number of aryl methyl sites for hydroxylation is 2. The van der Waals surface area contributed by atoms with Gasteiger partial charge < -0.3 is 0 Å². The third kappa shape index (κ3) is 3.15. The van der Waals surface area contributed by atoms with Gasteiger partial charge in [-0.3, -0.25) is 19.5 Å². The first-order valence-corrected chi connectivity index (χ1v) is 6.38. The molecule has 1 aromatic heterocycles. The molecule has 2 rings (SSSR count). The van der Waals surface area contributed by atoms with Crippen LogP contribution in [0.2, 0.25) is 10.2 Å².